The average Bonchev–Trinajstić information content (AvgIpc) is 2.45. The molecule has 0 rings (SSSR count). The first-order valence-electron chi connectivity index (χ1n) is 8.06. The zero-order chi connectivity index (χ0) is 15.8. The summed E-state index contributed by atoms with van der Waals surface area (Å²) in [5, 5.41) is 18.1. The highest BCUT2D eigenvalue weighted by molar-refractivity contribution is 5.66. The number of aliphatic carboxylic acids is 1. The molecule has 0 bridgehead atoms. The summed E-state index contributed by atoms with van der Waals surface area (Å²) in [6.07, 6.45) is 19.1. The Bertz CT molecular complexity index is 340. The normalized spacial score (nSPS) is 12.5. The second kappa shape index (κ2) is 14.9. The lowest BCUT2D eigenvalue weighted by molar-refractivity contribution is -0.137. The molecule has 0 aromatic heterocycles. The molecular weight excluding hydrogens is 264 g/mol. The SMILES string of the molecule is CC/C=C\C/C=C(/O)C/C=C\CCCCCCCC(=O)O. The van der Waals surface area contributed by atoms with Gasteiger partial charge in [-0.15, -0.1) is 0 Å². The fourth-order valence-corrected chi connectivity index (χ4v) is 1.94. The molecule has 21 heavy (non-hydrogen) atoms. The Morgan fingerprint density at radius 3 is 2.33 bits per heavy atom. The number of unbranched alkanes of at least 4 members (excludes halogenated alkanes) is 5. The Hall–Kier alpha value is -1.51. The van der Waals surface area contributed by atoms with E-state index < -0.39 is 5.97 Å². The largest absolute Gasteiger partial charge is 0.512 e. The Labute approximate surface area is 129 Å². The number of carbonyl (C=O) groups is 1. The van der Waals surface area contributed by atoms with Gasteiger partial charge in [0.1, 0.15) is 0 Å². The van der Waals surface area contributed by atoms with Crippen LogP contribution in [0.25, 0.3) is 0 Å². The smallest absolute Gasteiger partial charge is 0.303 e. The lowest BCUT2D eigenvalue weighted by Gasteiger charge is -1.98. The minimum Gasteiger partial charge on any atom is -0.512 e. The summed E-state index contributed by atoms with van der Waals surface area (Å²) in [5.41, 5.74) is 0. The molecule has 0 unspecified atom stereocenters. The molecule has 0 aliphatic carbocycles. The fourth-order valence-electron chi connectivity index (χ4n) is 1.94. The van der Waals surface area contributed by atoms with Crippen molar-refractivity contribution in [3.05, 3.63) is 36.1 Å². The van der Waals surface area contributed by atoms with E-state index in [0.29, 0.717) is 18.6 Å². The van der Waals surface area contributed by atoms with Gasteiger partial charge in [-0.25, -0.2) is 0 Å². The number of rotatable bonds is 13. The van der Waals surface area contributed by atoms with Gasteiger partial charge in [0.15, 0.2) is 0 Å². The molecule has 0 aromatic carbocycles. The van der Waals surface area contributed by atoms with Gasteiger partial charge in [-0.1, -0.05) is 50.5 Å². The summed E-state index contributed by atoms with van der Waals surface area (Å²) in [7, 11) is 0. The lowest BCUT2D eigenvalue weighted by Crippen LogP contribution is -1.93. The highest BCUT2D eigenvalue weighted by Crippen LogP contribution is 2.08. The molecule has 120 valence electrons. The molecule has 0 aromatic rings. The molecule has 0 atom stereocenters. The van der Waals surface area contributed by atoms with E-state index in [1.165, 1.54) is 0 Å². The Balaban J connectivity index is 3.43. The Morgan fingerprint density at radius 2 is 1.62 bits per heavy atom. The number of aliphatic hydroxyl groups excluding tert-OH is 1. The van der Waals surface area contributed by atoms with Crippen LogP contribution in [0, 0.1) is 0 Å². The maximum Gasteiger partial charge on any atom is 0.303 e. The van der Waals surface area contributed by atoms with Gasteiger partial charge < -0.3 is 10.2 Å². The molecule has 0 aliphatic heterocycles. The van der Waals surface area contributed by atoms with E-state index in [-0.39, 0.29) is 0 Å². The lowest BCUT2D eigenvalue weighted by atomic mass is 10.1. The van der Waals surface area contributed by atoms with Crippen molar-refractivity contribution < 1.29 is 15.0 Å². The summed E-state index contributed by atoms with van der Waals surface area (Å²) in [4.78, 5) is 10.3. The topological polar surface area (TPSA) is 57.5 Å². The first-order valence-corrected chi connectivity index (χ1v) is 8.06. The van der Waals surface area contributed by atoms with Crippen LogP contribution in [-0.4, -0.2) is 16.2 Å². The Kier molecular flexibility index (Phi) is 13.8. The van der Waals surface area contributed by atoms with Crippen molar-refractivity contribution in [3.8, 4) is 0 Å². The van der Waals surface area contributed by atoms with Crippen LogP contribution in [0.1, 0.15) is 71.1 Å². The quantitative estimate of drug-likeness (QED) is 0.266. The van der Waals surface area contributed by atoms with Crippen LogP contribution in [-0.2, 0) is 4.79 Å². The molecule has 0 spiro atoms. The van der Waals surface area contributed by atoms with Gasteiger partial charge in [0.25, 0.3) is 0 Å². The average molecular weight is 294 g/mol. The van der Waals surface area contributed by atoms with Crippen molar-refractivity contribution in [1.29, 1.82) is 0 Å². The van der Waals surface area contributed by atoms with Crippen molar-refractivity contribution in [1.82, 2.24) is 0 Å². The summed E-state index contributed by atoms with van der Waals surface area (Å²) in [6.45, 7) is 2.09. The minimum absolute atomic E-state index is 0.291. The highest BCUT2D eigenvalue weighted by Gasteiger charge is 1.95. The number of hydrogen-bond donors (Lipinski definition) is 2. The van der Waals surface area contributed by atoms with E-state index in [4.69, 9.17) is 5.11 Å². The minimum atomic E-state index is -0.698. The predicted octanol–water partition coefficient (Wildman–Crippen LogP) is 5.55. The first kappa shape index (κ1) is 19.5. The molecule has 2 N–H and O–H groups in total. The number of carboxylic acids is 1. The van der Waals surface area contributed by atoms with Crippen LogP contribution in [0.3, 0.4) is 0 Å². The van der Waals surface area contributed by atoms with E-state index in [1.54, 1.807) is 0 Å². The van der Waals surface area contributed by atoms with Crippen molar-refractivity contribution in [2.75, 3.05) is 0 Å². The zero-order valence-corrected chi connectivity index (χ0v) is 13.3. The molecule has 0 saturated carbocycles. The molecule has 0 amide bonds. The third-order valence-electron chi connectivity index (χ3n) is 3.15. The van der Waals surface area contributed by atoms with Crippen LogP contribution >= 0.6 is 0 Å². The van der Waals surface area contributed by atoms with Crippen LogP contribution in [0.4, 0.5) is 0 Å². The van der Waals surface area contributed by atoms with Crippen LogP contribution in [0.2, 0.25) is 0 Å². The number of carboxylic acid groups (broad SMARTS) is 1. The van der Waals surface area contributed by atoms with E-state index in [2.05, 4.69) is 25.2 Å². The van der Waals surface area contributed by atoms with E-state index in [1.807, 2.05) is 12.2 Å². The molecule has 3 heteroatoms. The molecule has 0 heterocycles. The van der Waals surface area contributed by atoms with E-state index >= 15 is 0 Å². The molecule has 0 radical (unpaired) electrons. The summed E-state index contributed by atoms with van der Waals surface area (Å²) >= 11 is 0. The molecule has 0 fully saturated rings. The van der Waals surface area contributed by atoms with Crippen LogP contribution in [0.15, 0.2) is 36.1 Å². The summed E-state index contributed by atoms with van der Waals surface area (Å²) in [5.74, 6) is -0.267. The van der Waals surface area contributed by atoms with Crippen molar-refractivity contribution in [2.45, 2.75) is 71.1 Å². The monoisotopic (exact) mass is 294 g/mol. The fraction of sp³-hybridized carbons (Fsp3) is 0.611. The highest BCUT2D eigenvalue weighted by atomic mass is 16.4. The van der Waals surface area contributed by atoms with Crippen LogP contribution in [0.5, 0.6) is 0 Å². The second-order valence-electron chi connectivity index (χ2n) is 5.19. The van der Waals surface area contributed by atoms with Gasteiger partial charge in [-0.05, 0) is 38.2 Å². The third-order valence-corrected chi connectivity index (χ3v) is 3.15. The number of aliphatic hydroxyl groups is 1. The number of allylic oxidation sites excluding steroid dienone is 5. The maximum absolute atomic E-state index is 10.3. The molecule has 0 saturated heterocycles. The predicted molar refractivity (Wildman–Crippen MR) is 88.5 cm³/mol. The van der Waals surface area contributed by atoms with Crippen LogP contribution < -0.4 is 0 Å². The second-order valence-corrected chi connectivity index (χ2v) is 5.19. The third kappa shape index (κ3) is 16.4. The van der Waals surface area contributed by atoms with Gasteiger partial charge in [0, 0.05) is 12.8 Å². The first-order chi connectivity index (χ1) is 10.2. The van der Waals surface area contributed by atoms with Crippen molar-refractivity contribution in [2.24, 2.45) is 0 Å². The van der Waals surface area contributed by atoms with Gasteiger partial charge in [-0.2, -0.15) is 0 Å². The maximum atomic E-state index is 10.3. The van der Waals surface area contributed by atoms with Crippen molar-refractivity contribution in [3.63, 3.8) is 0 Å². The van der Waals surface area contributed by atoms with Gasteiger partial charge in [-0.3, -0.25) is 4.79 Å². The van der Waals surface area contributed by atoms with Crippen molar-refractivity contribution >= 4 is 5.97 Å². The molecule has 0 aliphatic rings. The summed E-state index contributed by atoms with van der Waals surface area (Å²) < 4.78 is 0. The van der Waals surface area contributed by atoms with E-state index in [9.17, 15) is 9.90 Å². The molecular formula is C18H30O3. The van der Waals surface area contributed by atoms with Gasteiger partial charge in [0.2, 0.25) is 0 Å². The standard InChI is InChI=1S/C18H30O3/c1-2-3-4-11-14-17(19)15-12-9-7-5-6-8-10-13-16-18(20)21/h3-4,9,12,14,19H,2,5-8,10-11,13,15-16H2,1H3,(H,20,21)/b4-3-,12-9-,17-14+. The summed E-state index contributed by atoms with van der Waals surface area (Å²) in [6, 6.07) is 0. The van der Waals surface area contributed by atoms with Gasteiger partial charge in [0.05, 0.1) is 5.76 Å². The Morgan fingerprint density at radius 1 is 0.905 bits per heavy atom. The zero-order valence-electron chi connectivity index (χ0n) is 13.3. The van der Waals surface area contributed by atoms with E-state index in [0.717, 1.165) is 51.4 Å². The molecule has 3 nitrogen and oxygen atoms in total. The van der Waals surface area contributed by atoms with Gasteiger partial charge >= 0.3 is 5.97 Å². The number of hydrogen-bond acceptors (Lipinski definition) is 2.